The molecule has 3 heteroatoms. The lowest BCUT2D eigenvalue weighted by molar-refractivity contribution is -0.897. The minimum atomic E-state index is 0.346. The Kier molecular flexibility index (Phi) is 4.57. The molecule has 0 aromatic carbocycles. The van der Waals surface area contributed by atoms with Gasteiger partial charge in [0.1, 0.15) is 0 Å². The third kappa shape index (κ3) is 2.82. The van der Waals surface area contributed by atoms with Crippen LogP contribution >= 0.6 is 0 Å². The summed E-state index contributed by atoms with van der Waals surface area (Å²) in [5.74, 6) is 3.01. The van der Waals surface area contributed by atoms with Gasteiger partial charge in [0, 0.05) is 18.8 Å². The van der Waals surface area contributed by atoms with Gasteiger partial charge in [-0.3, -0.25) is 0 Å². The summed E-state index contributed by atoms with van der Waals surface area (Å²) in [4.78, 5) is 0. The van der Waals surface area contributed by atoms with Crippen molar-refractivity contribution < 1.29 is 9.69 Å². The van der Waals surface area contributed by atoms with Crippen LogP contribution in [0.5, 0.6) is 0 Å². The Bertz CT molecular complexity index is 660. The summed E-state index contributed by atoms with van der Waals surface area (Å²) in [6, 6.07) is 0.786. The highest BCUT2D eigenvalue weighted by atomic mass is 16.4. The maximum atomic E-state index is 9.40. The molecule has 3 saturated carbocycles. The average Bonchev–Trinajstić information content (AvgIpc) is 2.96. The predicted molar refractivity (Wildman–Crippen MR) is 112 cm³/mol. The van der Waals surface area contributed by atoms with Crippen molar-refractivity contribution in [3.05, 3.63) is 11.6 Å². The lowest BCUT2D eigenvalue weighted by Gasteiger charge is -2.58. The van der Waals surface area contributed by atoms with Crippen molar-refractivity contribution in [3.63, 3.8) is 0 Å². The molecule has 7 atom stereocenters. The molecule has 0 aliphatic heterocycles. The molecule has 0 heterocycles. The standard InChI is InChI=1S/C24H40N2O/c1-16(25-27)20-9-10-21-19-8-7-17-15-18(26(4,5)6)11-13-23(17,2)22(19)12-14-24(20,21)3/h7,18-22H,8-15H2,1-6H3/p+1/t18-,19+,20-,21+,22+,23-,24-/m0/s1. The SMILES string of the molecule is CC(=NO)[C@@H]1CC[C@@H]2[C@H]3CC=C4C[C@@H]([N+](C)(C)C)CC[C@]4(C)[C@@H]3CC[C@]21C. The molecular weight excluding hydrogens is 332 g/mol. The van der Waals surface area contributed by atoms with Gasteiger partial charge in [-0.25, -0.2) is 0 Å². The molecule has 0 spiro atoms. The second-order valence-electron chi connectivity index (χ2n) is 11.7. The average molecular weight is 374 g/mol. The highest BCUT2D eigenvalue weighted by molar-refractivity contribution is 5.85. The summed E-state index contributed by atoms with van der Waals surface area (Å²) in [6.07, 6.45) is 13.3. The smallest absolute Gasteiger partial charge is 0.0922 e. The van der Waals surface area contributed by atoms with E-state index in [0.29, 0.717) is 16.7 Å². The number of quaternary nitrogens is 1. The van der Waals surface area contributed by atoms with E-state index in [1.807, 2.05) is 6.92 Å². The topological polar surface area (TPSA) is 32.6 Å². The molecule has 0 saturated heterocycles. The van der Waals surface area contributed by atoms with E-state index in [1.54, 1.807) is 5.57 Å². The summed E-state index contributed by atoms with van der Waals surface area (Å²) in [5, 5.41) is 13.0. The number of allylic oxidation sites excluding steroid dienone is 1. The van der Waals surface area contributed by atoms with Crippen molar-refractivity contribution in [1.82, 2.24) is 0 Å². The van der Waals surface area contributed by atoms with Crippen LogP contribution in [-0.2, 0) is 0 Å². The summed E-state index contributed by atoms with van der Waals surface area (Å²) in [7, 11) is 7.11. The van der Waals surface area contributed by atoms with Crippen LogP contribution in [0.25, 0.3) is 0 Å². The highest BCUT2D eigenvalue weighted by Crippen LogP contribution is 2.66. The van der Waals surface area contributed by atoms with Gasteiger partial charge in [-0.05, 0) is 74.0 Å². The van der Waals surface area contributed by atoms with Crippen molar-refractivity contribution in [2.45, 2.75) is 78.2 Å². The second kappa shape index (κ2) is 6.34. The molecule has 0 aromatic rings. The largest absolute Gasteiger partial charge is 0.411 e. The third-order valence-corrected chi connectivity index (χ3v) is 9.84. The minimum absolute atomic E-state index is 0.346. The van der Waals surface area contributed by atoms with Crippen molar-refractivity contribution >= 4 is 5.71 Å². The Balaban J connectivity index is 1.61. The second-order valence-corrected chi connectivity index (χ2v) is 11.7. The molecule has 0 bridgehead atoms. The molecule has 4 aliphatic rings. The Labute approximate surface area is 166 Å². The Morgan fingerprint density at radius 1 is 1.07 bits per heavy atom. The summed E-state index contributed by atoms with van der Waals surface area (Å²) in [6.45, 7) is 7.16. The molecule has 0 unspecified atom stereocenters. The van der Waals surface area contributed by atoms with Gasteiger partial charge in [0.05, 0.1) is 32.9 Å². The number of rotatable bonds is 2. The quantitative estimate of drug-likeness (QED) is 0.224. The third-order valence-electron chi connectivity index (χ3n) is 9.84. The fourth-order valence-corrected chi connectivity index (χ4v) is 8.06. The Morgan fingerprint density at radius 3 is 2.48 bits per heavy atom. The Hall–Kier alpha value is -0.830. The van der Waals surface area contributed by atoms with Gasteiger partial charge in [-0.15, -0.1) is 0 Å². The van der Waals surface area contributed by atoms with Gasteiger partial charge < -0.3 is 9.69 Å². The van der Waals surface area contributed by atoms with Gasteiger partial charge >= 0.3 is 0 Å². The molecule has 3 fully saturated rings. The molecule has 152 valence electrons. The molecule has 27 heavy (non-hydrogen) atoms. The zero-order valence-electron chi connectivity index (χ0n) is 18.5. The number of hydrogen-bond donors (Lipinski definition) is 1. The minimum Gasteiger partial charge on any atom is -0.411 e. The van der Waals surface area contributed by atoms with Crippen LogP contribution in [0, 0.1) is 34.5 Å². The van der Waals surface area contributed by atoms with Crippen LogP contribution < -0.4 is 0 Å². The first-order valence-electron chi connectivity index (χ1n) is 11.3. The molecule has 0 amide bonds. The Morgan fingerprint density at radius 2 is 1.81 bits per heavy atom. The van der Waals surface area contributed by atoms with Gasteiger partial charge in [0.2, 0.25) is 0 Å². The molecule has 1 N–H and O–H groups in total. The van der Waals surface area contributed by atoms with E-state index in [-0.39, 0.29) is 0 Å². The summed E-state index contributed by atoms with van der Waals surface area (Å²) >= 11 is 0. The van der Waals surface area contributed by atoms with Crippen molar-refractivity contribution in [2.24, 2.45) is 39.7 Å². The van der Waals surface area contributed by atoms with Crippen LogP contribution in [0.4, 0.5) is 0 Å². The maximum absolute atomic E-state index is 9.40. The van der Waals surface area contributed by atoms with E-state index in [9.17, 15) is 5.21 Å². The number of hydrogen-bond acceptors (Lipinski definition) is 2. The maximum Gasteiger partial charge on any atom is 0.0922 e. The monoisotopic (exact) mass is 373 g/mol. The van der Waals surface area contributed by atoms with E-state index >= 15 is 0 Å². The first-order chi connectivity index (χ1) is 12.6. The van der Waals surface area contributed by atoms with Crippen LogP contribution in [-0.4, -0.2) is 42.6 Å². The van der Waals surface area contributed by atoms with E-state index in [2.05, 4.69) is 46.2 Å². The molecule has 0 aromatic heterocycles. The van der Waals surface area contributed by atoms with Crippen LogP contribution in [0.2, 0.25) is 0 Å². The molecule has 4 rings (SSSR count). The van der Waals surface area contributed by atoms with Gasteiger partial charge in [0.25, 0.3) is 0 Å². The predicted octanol–water partition coefficient (Wildman–Crippen LogP) is 5.49. The van der Waals surface area contributed by atoms with Gasteiger partial charge in [0.15, 0.2) is 0 Å². The fraction of sp³-hybridized carbons (Fsp3) is 0.875. The fourth-order valence-electron chi connectivity index (χ4n) is 8.06. The number of oxime groups is 1. The van der Waals surface area contributed by atoms with Crippen molar-refractivity contribution in [1.29, 1.82) is 0 Å². The van der Waals surface area contributed by atoms with Crippen LogP contribution in [0.15, 0.2) is 16.8 Å². The van der Waals surface area contributed by atoms with E-state index in [1.165, 1.54) is 51.4 Å². The van der Waals surface area contributed by atoms with Gasteiger partial charge in [-0.1, -0.05) is 30.7 Å². The van der Waals surface area contributed by atoms with Crippen LogP contribution in [0.1, 0.15) is 72.1 Å². The zero-order valence-corrected chi connectivity index (χ0v) is 18.5. The molecule has 3 nitrogen and oxygen atoms in total. The first-order valence-corrected chi connectivity index (χ1v) is 11.3. The van der Waals surface area contributed by atoms with Gasteiger partial charge in [-0.2, -0.15) is 0 Å². The molecule has 4 aliphatic carbocycles. The van der Waals surface area contributed by atoms with E-state index < -0.39 is 0 Å². The number of fused-ring (bicyclic) bond motifs is 5. The lowest BCUT2D eigenvalue weighted by atomic mass is 9.47. The molecular formula is C24H41N2O+. The van der Waals surface area contributed by atoms with Crippen molar-refractivity contribution in [3.8, 4) is 0 Å². The van der Waals surface area contributed by atoms with Crippen molar-refractivity contribution in [2.75, 3.05) is 21.1 Å². The summed E-state index contributed by atoms with van der Waals surface area (Å²) in [5.41, 5.74) is 3.55. The summed E-state index contributed by atoms with van der Waals surface area (Å²) < 4.78 is 1.10. The van der Waals surface area contributed by atoms with Crippen LogP contribution in [0.3, 0.4) is 0 Å². The molecule has 0 radical (unpaired) electrons. The first kappa shape index (κ1) is 19.5. The number of nitrogens with zero attached hydrogens (tertiary/aromatic N) is 2. The van der Waals surface area contributed by atoms with E-state index in [0.717, 1.165) is 34.0 Å². The highest BCUT2D eigenvalue weighted by Gasteiger charge is 2.59. The zero-order chi connectivity index (χ0) is 19.6. The lowest BCUT2D eigenvalue weighted by Crippen LogP contribution is -2.54. The van der Waals surface area contributed by atoms with E-state index in [4.69, 9.17) is 0 Å². The normalized spacial score (nSPS) is 47.7.